The van der Waals surface area contributed by atoms with Crippen molar-refractivity contribution in [2.75, 3.05) is 13.1 Å². The number of nitrogens with two attached hydrogens (primary N) is 1. The fraction of sp³-hybridized carbons (Fsp3) is 0.333. The van der Waals surface area contributed by atoms with Crippen LogP contribution < -0.4 is 10.6 Å². The molecular formula is C21H24FN6O+. The summed E-state index contributed by atoms with van der Waals surface area (Å²) in [4.78, 5) is 12.9. The van der Waals surface area contributed by atoms with E-state index in [9.17, 15) is 9.18 Å². The zero-order valence-electron chi connectivity index (χ0n) is 16.0. The maximum atomic E-state index is 13.2. The smallest absolute Gasteiger partial charge is 0.220 e. The molecule has 3 aromatic rings. The number of nitrogens with zero attached hydrogens (tertiary/aromatic N) is 4. The van der Waals surface area contributed by atoms with Gasteiger partial charge in [0.2, 0.25) is 11.7 Å². The molecule has 3 N–H and O–H groups in total. The summed E-state index contributed by atoms with van der Waals surface area (Å²) < 4.78 is 15.0. The van der Waals surface area contributed by atoms with Crippen LogP contribution >= 0.6 is 0 Å². The lowest BCUT2D eigenvalue weighted by atomic mass is 9.93. The minimum Gasteiger partial charge on any atom is -0.369 e. The van der Waals surface area contributed by atoms with Crippen molar-refractivity contribution >= 4 is 5.91 Å². The van der Waals surface area contributed by atoms with Crippen LogP contribution in [0.5, 0.6) is 0 Å². The van der Waals surface area contributed by atoms with Crippen LogP contribution in [0.15, 0.2) is 54.6 Å². The van der Waals surface area contributed by atoms with E-state index in [4.69, 9.17) is 5.73 Å². The van der Waals surface area contributed by atoms with Gasteiger partial charge in [-0.3, -0.25) is 4.79 Å². The quantitative estimate of drug-likeness (QED) is 0.644. The fourth-order valence-corrected chi connectivity index (χ4v) is 4.07. The summed E-state index contributed by atoms with van der Waals surface area (Å²) in [5.41, 5.74) is 7.55. The second-order valence-corrected chi connectivity index (χ2v) is 7.50. The Morgan fingerprint density at radius 2 is 1.83 bits per heavy atom. The highest BCUT2D eigenvalue weighted by Crippen LogP contribution is 2.20. The van der Waals surface area contributed by atoms with E-state index in [1.54, 1.807) is 16.8 Å². The van der Waals surface area contributed by atoms with Gasteiger partial charge < -0.3 is 10.6 Å². The van der Waals surface area contributed by atoms with Gasteiger partial charge in [0.15, 0.2) is 6.04 Å². The second-order valence-electron chi connectivity index (χ2n) is 7.50. The highest BCUT2D eigenvalue weighted by atomic mass is 19.1. The van der Waals surface area contributed by atoms with E-state index in [0.717, 1.165) is 42.9 Å². The number of nitrogens with one attached hydrogen (secondary N) is 1. The Kier molecular flexibility index (Phi) is 5.62. The number of carbonyl (C=O) groups is 1. The van der Waals surface area contributed by atoms with Gasteiger partial charge in [0, 0.05) is 24.3 Å². The molecule has 8 heteroatoms. The summed E-state index contributed by atoms with van der Waals surface area (Å²) in [6.45, 7) is 2.09. The van der Waals surface area contributed by atoms with Gasteiger partial charge in [-0.15, -0.1) is 5.10 Å². The molecule has 1 aliphatic heterocycles. The number of hydrogen-bond acceptors (Lipinski definition) is 4. The maximum Gasteiger partial charge on any atom is 0.220 e. The van der Waals surface area contributed by atoms with Crippen LogP contribution in [-0.4, -0.2) is 39.2 Å². The molecule has 0 radical (unpaired) electrons. The van der Waals surface area contributed by atoms with Crippen LogP contribution in [0.25, 0.3) is 0 Å². The van der Waals surface area contributed by atoms with Crippen molar-refractivity contribution in [2.24, 2.45) is 11.7 Å². The number of carbonyl (C=O) groups excluding carboxylic acids is 1. The van der Waals surface area contributed by atoms with Crippen molar-refractivity contribution in [1.82, 2.24) is 20.2 Å². The van der Waals surface area contributed by atoms with Gasteiger partial charge in [0.25, 0.3) is 0 Å². The number of benzene rings is 2. The van der Waals surface area contributed by atoms with Crippen molar-refractivity contribution in [3.63, 3.8) is 0 Å². The van der Waals surface area contributed by atoms with Crippen LogP contribution in [0.3, 0.4) is 0 Å². The first-order valence-electron chi connectivity index (χ1n) is 9.81. The molecule has 1 saturated heterocycles. The fourth-order valence-electron chi connectivity index (χ4n) is 4.07. The molecule has 4 rings (SSSR count). The zero-order valence-corrected chi connectivity index (χ0v) is 16.0. The largest absolute Gasteiger partial charge is 0.369 e. The third-order valence-corrected chi connectivity index (χ3v) is 5.63. The van der Waals surface area contributed by atoms with Gasteiger partial charge in [0.1, 0.15) is 5.82 Å². The predicted molar refractivity (Wildman–Crippen MR) is 104 cm³/mol. The summed E-state index contributed by atoms with van der Waals surface area (Å²) in [5.74, 6) is 0.203. The number of halogens is 1. The van der Waals surface area contributed by atoms with E-state index in [-0.39, 0.29) is 23.7 Å². The lowest BCUT2D eigenvalue weighted by molar-refractivity contribution is -0.931. The summed E-state index contributed by atoms with van der Waals surface area (Å²) in [5, 5.41) is 12.5. The molecule has 1 amide bonds. The highest BCUT2D eigenvalue weighted by molar-refractivity contribution is 5.76. The van der Waals surface area contributed by atoms with Gasteiger partial charge in [0.05, 0.1) is 19.6 Å². The third-order valence-electron chi connectivity index (χ3n) is 5.63. The first-order chi connectivity index (χ1) is 14.1. The topological polar surface area (TPSA) is 91.1 Å². The van der Waals surface area contributed by atoms with E-state index >= 15 is 0 Å². The van der Waals surface area contributed by atoms with Gasteiger partial charge in [-0.2, -0.15) is 0 Å². The third kappa shape index (κ3) is 4.32. The summed E-state index contributed by atoms with van der Waals surface area (Å²) in [6.07, 6.45) is 1.51. The summed E-state index contributed by atoms with van der Waals surface area (Å²) >= 11 is 0. The van der Waals surface area contributed by atoms with Crippen LogP contribution in [0, 0.1) is 11.7 Å². The average molecular weight is 395 g/mol. The van der Waals surface area contributed by atoms with Crippen LogP contribution in [0.2, 0.25) is 0 Å². The highest BCUT2D eigenvalue weighted by Gasteiger charge is 2.35. The number of tetrazole rings is 1. The Balaban J connectivity index is 1.63. The molecule has 0 saturated carbocycles. The van der Waals surface area contributed by atoms with E-state index in [1.807, 2.05) is 18.2 Å². The molecule has 0 spiro atoms. The number of likely N-dealkylation sites (tertiary alicyclic amines) is 1. The molecule has 0 aliphatic carbocycles. The van der Waals surface area contributed by atoms with Crippen LogP contribution in [0.4, 0.5) is 4.39 Å². The monoisotopic (exact) mass is 395 g/mol. The standard InChI is InChI=1S/C21H23FN6O/c22-18-8-6-15(7-9-18)14-28-21(24-25-26-28)19(16-4-2-1-3-5-16)27-12-10-17(11-13-27)20(23)29/h1-9,17,19H,10-14H2,(H2,23,29)/p+1/t19-/m1/s1. The number of hydrogen-bond donors (Lipinski definition) is 2. The molecule has 2 aromatic carbocycles. The zero-order chi connectivity index (χ0) is 20.2. The molecule has 0 bridgehead atoms. The molecule has 1 fully saturated rings. The molecule has 1 aromatic heterocycles. The predicted octanol–water partition coefficient (Wildman–Crippen LogP) is 0.730. The van der Waals surface area contributed by atoms with Gasteiger partial charge in [-0.05, 0) is 28.1 Å². The van der Waals surface area contributed by atoms with E-state index in [0.29, 0.717) is 6.54 Å². The Morgan fingerprint density at radius 1 is 1.14 bits per heavy atom. The lowest BCUT2D eigenvalue weighted by Crippen LogP contribution is -3.13. The Labute approximate surface area is 168 Å². The van der Waals surface area contributed by atoms with Crippen LogP contribution in [0.1, 0.15) is 35.8 Å². The SMILES string of the molecule is NC(=O)C1CC[NH+]([C@H](c2ccccc2)c2nnnn2Cc2ccc(F)cc2)CC1. The summed E-state index contributed by atoms with van der Waals surface area (Å²) in [6, 6.07) is 16.5. The first-order valence-corrected chi connectivity index (χ1v) is 9.81. The molecule has 2 heterocycles. The molecule has 0 unspecified atom stereocenters. The molecule has 1 atom stereocenters. The van der Waals surface area contributed by atoms with Crippen molar-refractivity contribution < 1.29 is 14.1 Å². The van der Waals surface area contributed by atoms with Crippen LogP contribution in [-0.2, 0) is 11.3 Å². The number of amides is 1. The van der Waals surface area contributed by atoms with Gasteiger partial charge in [-0.1, -0.05) is 42.5 Å². The normalized spacial score (nSPS) is 20.3. The van der Waals surface area contributed by atoms with E-state index in [1.165, 1.54) is 17.0 Å². The summed E-state index contributed by atoms with van der Waals surface area (Å²) in [7, 11) is 0. The van der Waals surface area contributed by atoms with E-state index in [2.05, 4.69) is 27.7 Å². The number of piperidine rings is 1. The lowest BCUT2D eigenvalue weighted by Gasteiger charge is -2.33. The Morgan fingerprint density at radius 3 is 2.48 bits per heavy atom. The molecule has 150 valence electrons. The minimum absolute atomic E-state index is 0.0551. The molecule has 1 aliphatic rings. The van der Waals surface area contributed by atoms with Gasteiger partial charge in [-0.25, -0.2) is 9.07 Å². The number of primary amides is 1. The number of rotatable bonds is 6. The first kappa shape index (κ1) is 19.2. The average Bonchev–Trinajstić information content (AvgIpc) is 3.19. The Bertz CT molecular complexity index is 951. The van der Waals surface area contributed by atoms with Gasteiger partial charge >= 0.3 is 0 Å². The minimum atomic E-state index is -0.269. The van der Waals surface area contributed by atoms with E-state index < -0.39 is 0 Å². The molecule has 29 heavy (non-hydrogen) atoms. The van der Waals surface area contributed by atoms with Crippen molar-refractivity contribution in [3.05, 3.63) is 77.4 Å². The number of aromatic nitrogens is 4. The van der Waals surface area contributed by atoms with Crippen molar-refractivity contribution in [2.45, 2.75) is 25.4 Å². The molecule has 7 nitrogen and oxygen atoms in total. The number of quaternary nitrogens is 1. The maximum absolute atomic E-state index is 13.2. The molecular weight excluding hydrogens is 371 g/mol. The van der Waals surface area contributed by atoms with Crippen molar-refractivity contribution in [3.8, 4) is 0 Å². The Hall–Kier alpha value is -3.13. The van der Waals surface area contributed by atoms with Crippen molar-refractivity contribution in [1.29, 1.82) is 0 Å². The second kappa shape index (κ2) is 8.48.